The second-order valence-electron chi connectivity index (χ2n) is 4.73. The van der Waals surface area contributed by atoms with Crippen LogP contribution in [0.3, 0.4) is 0 Å². The molecule has 102 valence electrons. The Hall–Kier alpha value is -1.68. The first kappa shape index (κ1) is 13.7. The zero-order valence-corrected chi connectivity index (χ0v) is 11.9. The molecule has 4 heteroatoms. The Labute approximate surface area is 113 Å². The molecule has 1 aromatic heterocycles. The van der Waals surface area contributed by atoms with Crippen LogP contribution in [-0.2, 0) is 6.54 Å². The number of hydrogen-bond donors (Lipinski definition) is 1. The summed E-state index contributed by atoms with van der Waals surface area (Å²) in [5, 5.41) is 7.69. The number of rotatable bonds is 4. The predicted molar refractivity (Wildman–Crippen MR) is 75.1 cm³/mol. The third-order valence-corrected chi connectivity index (χ3v) is 3.53. The van der Waals surface area contributed by atoms with E-state index >= 15 is 0 Å². The minimum Gasteiger partial charge on any atom is -0.313 e. The largest absolute Gasteiger partial charge is 0.313 e. The van der Waals surface area contributed by atoms with Crippen LogP contribution in [0.15, 0.2) is 18.2 Å². The Morgan fingerprint density at radius 1 is 1.26 bits per heavy atom. The van der Waals surface area contributed by atoms with E-state index in [1.807, 2.05) is 38.4 Å². The highest BCUT2D eigenvalue weighted by molar-refractivity contribution is 5.44. The number of benzene rings is 1. The van der Waals surface area contributed by atoms with Gasteiger partial charge >= 0.3 is 0 Å². The summed E-state index contributed by atoms with van der Waals surface area (Å²) in [5.41, 5.74) is 4.67. The third-order valence-electron chi connectivity index (χ3n) is 3.53. The van der Waals surface area contributed by atoms with Gasteiger partial charge in [-0.15, -0.1) is 0 Å². The van der Waals surface area contributed by atoms with E-state index in [-0.39, 0.29) is 5.82 Å². The van der Waals surface area contributed by atoms with E-state index in [9.17, 15) is 4.39 Å². The van der Waals surface area contributed by atoms with Crippen molar-refractivity contribution in [3.05, 3.63) is 46.5 Å². The molecular formula is C15H20FN3. The van der Waals surface area contributed by atoms with Crippen molar-refractivity contribution in [1.82, 2.24) is 15.1 Å². The minimum absolute atomic E-state index is 0.191. The fourth-order valence-electron chi connectivity index (χ4n) is 2.13. The highest BCUT2D eigenvalue weighted by atomic mass is 19.1. The highest BCUT2D eigenvalue weighted by Crippen LogP contribution is 2.22. The molecule has 19 heavy (non-hydrogen) atoms. The minimum atomic E-state index is -0.191. The van der Waals surface area contributed by atoms with Crippen molar-refractivity contribution in [2.75, 3.05) is 6.54 Å². The van der Waals surface area contributed by atoms with Gasteiger partial charge in [0.05, 0.1) is 11.4 Å². The van der Waals surface area contributed by atoms with Gasteiger partial charge in [0.1, 0.15) is 5.82 Å². The first-order valence-corrected chi connectivity index (χ1v) is 6.57. The van der Waals surface area contributed by atoms with E-state index < -0.39 is 0 Å². The SMILES string of the molecule is CCNCc1c(F)cccc1-n1nc(C)c(C)c1C. The summed E-state index contributed by atoms with van der Waals surface area (Å²) in [6, 6.07) is 5.13. The Bertz CT molecular complexity index is 587. The summed E-state index contributed by atoms with van der Waals surface area (Å²) in [6.45, 7) is 9.35. The Kier molecular flexibility index (Phi) is 4.00. The van der Waals surface area contributed by atoms with Crippen molar-refractivity contribution in [3.63, 3.8) is 0 Å². The smallest absolute Gasteiger partial charge is 0.129 e. The maximum Gasteiger partial charge on any atom is 0.129 e. The maximum absolute atomic E-state index is 14.0. The van der Waals surface area contributed by atoms with Crippen molar-refractivity contribution in [1.29, 1.82) is 0 Å². The standard InChI is InChI=1S/C15H20FN3/c1-5-17-9-13-14(16)7-6-8-15(13)19-12(4)10(2)11(3)18-19/h6-8,17H,5,9H2,1-4H3. The topological polar surface area (TPSA) is 29.9 Å². The van der Waals surface area contributed by atoms with Crippen LogP contribution in [-0.4, -0.2) is 16.3 Å². The molecule has 1 heterocycles. The van der Waals surface area contributed by atoms with Gasteiger partial charge in [-0.3, -0.25) is 0 Å². The lowest BCUT2D eigenvalue weighted by Crippen LogP contribution is -2.16. The van der Waals surface area contributed by atoms with Gasteiger partial charge < -0.3 is 5.32 Å². The van der Waals surface area contributed by atoms with Gasteiger partial charge in [0.15, 0.2) is 0 Å². The van der Waals surface area contributed by atoms with Gasteiger partial charge in [-0.05, 0) is 45.0 Å². The average molecular weight is 261 g/mol. The first-order chi connectivity index (χ1) is 9.06. The van der Waals surface area contributed by atoms with Crippen molar-refractivity contribution in [2.24, 2.45) is 0 Å². The summed E-state index contributed by atoms with van der Waals surface area (Å²) < 4.78 is 15.9. The van der Waals surface area contributed by atoms with Crippen molar-refractivity contribution < 1.29 is 4.39 Å². The number of nitrogens with one attached hydrogen (secondary N) is 1. The predicted octanol–water partition coefficient (Wildman–Crippen LogP) is 3.05. The Morgan fingerprint density at radius 2 is 2.00 bits per heavy atom. The second kappa shape index (κ2) is 5.53. The zero-order chi connectivity index (χ0) is 14.0. The van der Waals surface area contributed by atoms with E-state index in [1.165, 1.54) is 6.07 Å². The molecule has 1 aromatic carbocycles. The van der Waals surface area contributed by atoms with Crippen molar-refractivity contribution in [2.45, 2.75) is 34.2 Å². The zero-order valence-electron chi connectivity index (χ0n) is 11.9. The quantitative estimate of drug-likeness (QED) is 0.916. The highest BCUT2D eigenvalue weighted by Gasteiger charge is 2.14. The van der Waals surface area contributed by atoms with Crippen molar-refractivity contribution >= 4 is 0 Å². The summed E-state index contributed by atoms with van der Waals surface area (Å²) in [6.07, 6.45) is 0. The van der Waals surface area contributed by atoms with Gasteiger partial charge in [-0.1, -0.05) is 13.0 Å². The van der Waals surface area contributed by atoms with E-state index in [0.717, 1.165) is 29.2 Å². The fourth-order valence-corrected chi connectivity index (χ4v) is 2.13. The second-order valence-corrected chi connectivity index (χ2v) is 4.73. The lowest BCUT2D eigenvalue weighted by atomic mass is 10.1. The van der Waals surface area contributed by atoms with Crippen LogP contribution >= 0.6 is 0 Å². The van der Waals surface area contributed by atoms with Gasteiger partial charge in [0.2, 0.25) is 0 Å². The van der Waals surface area contributed by atoms with E-state index in [2.05, 4.69) is 10.4 Å². The molecule has 0 saturated heterocycles. The molecule has 2 rings (SSSR count). The number of hydrogen-bond acceptors (Lipinski definition) is 2. The molecule has 0 saturated carbocycles. The van der Waals surface area contributed by atoms with Crippen molar-refractivity contribution in [3.8, 4) is 5.69 Å². The molecule has 1 N–H and O–H groups in total. The van der Waals surface area contributed by atoms with Crippen LogP contribution in [0.4, 0.5) is 4.39 Å². The molecule has 0 atom stereocenters. The maximum atomic E-state index is 14.0. The van der Waals surface area contributed by atoms with Crippen LogP contribution in [0, 0.1) is 26.6 Å². The number of aryl methyl sites for hydroxylation is 1. The fraction of sp³-hybridized carbons (Fsp3) is 0.400. The van der Waals surface area contributed by atoms with Gasteiger partial charge in [0, 0.05) is 17.8 Å². The lowest BCUT2D eigenvalue weighted by molar-refractivity contribution is 0.588. The van der Waals surface area contributed by atoms with Crippen LogP contribution in [0.5, 0.6) is 0 Å². The van der Waals surface area contributed by atoms with Crippen LogP contribution in [0.1, 0.15) is 29.4 Å². The van der Waals surface area contributed by atoms with Crippen LogP contribution < -0.4 is 5.32 Å². The molecule has 0 bridgehead atoms. The lowest BCUT2D eigenvalue weighted by Gasteiger charge is -2.12. The Balaban J connectivity index is 2.55. The average Bonchev–Trinajstić information content (AvgIpc) is 2.65. The molecule has 2 aromatic rings. The third kappa shape index (κ3) is 2.54. The molecule has 3 nitrogen and oxygen atoms in total. The van der Waals surface area contributed by atoms with Crippen LogP contribution in [0.25, 0.3) is 5.69 Å². The molecule has 0 spiro atoms. The Morgan fingerprint density at radius 3 is 2.58 bits per heavy atom. The number of aromatic nitrogens is 2. The molecule has 0 aliphatic carbocycles. The summed E-state index contributed by atoms with van der Waals surface area (Å²) in [7, 11) is 0. The van der Waals surface area contributed by atoms with E-state index in [4.69, 9.17) is 0 Å². The number of halogens is 1. The van der Waals surface area contributed by atoms with Gasteiger partial charge in [0.25, 0.3) is 0 Å². The first-order valence-electron chi connectivity index (χ1n) is 6.57. The molecule has 0 unspecified atom stereocenters. The molecule has 0 fully saturated rings. The normalized spacial score (nSPS) is 11.0. The summed E-state index contributed by atoms with van der Waals surface area (Å²) >= 11 is 0. The summed E-state index contributed by atoms with van der Waals surface area (Å²) in [4.78, 5) is 0. The number of nitrogens with zero attached hydrogens (tertiary/aromatic N) is 2. The summed E-state index contributed by atoms with van der Waals surface area (Å²) in [5.74, 6) is -0.191. The molecule has 0 aliphatic heterocycles. The van der Waals surface area contributed by atoms with Gasteiger partial charge in [-0.25, -0.2) is 9.07 Å². The monoisotopic (exact) mass is 261 g/mol. The van der Waals surface area contributed by atoms with E-state index in [0.29, 0.717) is 12.1 Å². The molecule has 0 amide bonds. The molecular weight excluding hydrogens is 241 g/mol. The van der Waals surface area contributed by atoms with Crippen LogP contribution in [0.2, 0.25) is 0 Å². The van der Waals surface area contributed by atoms with E-state index in [1.54, 1.807) is 6.07 Å². The molecule has 0 radical (unpaired) electrons. The molecule has 0 aliphatic rings. The van der Waals surface area contributed by atoms with Gasteiger partial charge in [-0.2, -0.15) is 5.10 Å².